The first-order chi connectivity index (χ1) is 15.0. The number of hydrogen-bond donors (Lipinski definition) is 2. The topological polar surface area (TPSA) is 93.2 Å². The fourth-order valence-corrected chi connectivity index (χ4v) is 4.53. The van der Waals surface area contributed by atoms with Crippen LogP contribution in [0.5, 0.6) is 0 Å². The van der Waals surface area contributed by atoms with Crippen LogP contribution in [0, 0.1) is 13.8 Å². The Morgan fingerprint density at radius 1 is 1.13 bits per heavy atom. The molecule has 8 heteroatoms. The molecule has 4 aromatic rings. The van der Waals surface area contributed by atoms with Crippen molar-refractivity contribution in [3.63, 3.8) is 0 Å². The van der Waals surface area contributed by atoms with Gasteiger partial charge in [0.15, 0.2) is 5.16 Å². The summed E-state index contributed by atoms with van der Waals surface area (Å²) in [5.41, 5.74) is 4.80. The van der Waals surface area contributed by atoms with Gasteiger partial charge in [-0.1, -0.05) is 23.9 Å². The molecule has 31 heavy (non-hydrogen) atoms. The summed E-state index contributed by atoms with van der Waals surface area (Å²) in [5, 5.41) is 21.0. The third-order valence-corrected chi connectivity index (χ3v) is 6.54. The molecular formula is C23H26N4O3S. The Bertz CT molecular complexity index is 1280. The molecule has 0 amide bonds. The van der Waals surface area contributed by atoms with E-state index in [0.717, 1.165) is 11.0 Å². The van der Waals surface area contributed by atoms with Crippen LogP contribution >= 0.6 is 11.8 Å². The van der Waals surface area contributed by atoms with Crippen molar-refractivity contribution in [3.8, 4) is 0 Å². The van der Waals surface area contributed by atoms with Gasteiger partial charge in [-0.25, -0.2) is 9.97 Å². The maximum Gasteiger partial charge on any atom is 0.262 e. The molecule has 0 aliphatic heterocycles. The first-order valence-electron chi connectivity index (χ1n) is 10.3. The van der Waals surface area contributed by atoms with E-state index in [0.29, 0.717) is 41.3 Å². The number of aliphatic hydroxyl groups is 2. The van der Waals surface area contributed by atoms with Crippen LogP contribution < -0.4 is 5.56 Å². The lowest BCUT2D eigenvalue weighted by Crippen LogP contribution is -2.25. The van der Waals surface area contributed by atoms with E-state index >= 15 is 0 Å². The molecule has 0 aliphatic rings. The highest BCUT2D eigenvalue weighted by atomic mass is 32.2. The quantitative estimate of drug-likeness (QED) is 0.325. The van der Waals surface area contributed by atoms with Gasteiger partial charge in [0.2, 0.25) is 0 Å². The molecule has 0 radical (unpaired) electrons. The van der Waals surface area contributed by atoms with Crippen LogP contribution in [0.25, 0.3) is 21.9 Å². The van der Waals surface area contributed by atoms with E-state index < -0.39 is 6.10 Å². The van der Waals surface area contributed by atoms with Crippen LogP contribution in [0.2, 0.25) is 0 Å². The fraction of sp³-hybridized carbons (Fsp3) is 0.348. The number of fused-ring (bicyclic) bond motifs is 2. The molecule has 0 spiro atoms. The zero-order chi connectivity index (χ0) is 22.0. The second-order valence-electron chi connectivity index (χ2n) is 7.73. The SMILES string of the molecule is Cc1cc2ncn(CC(O)CSc3nc4ccccc4c(=O)n3CCCO)c2cc1C. The zero-order valence-corrected chi connectivity index (χ0v) is 18.5. The van der Waals surface area contributed by atoms with Gasteiger partial charge in [-0.3, -0.25) is 9.36 Å². The highest BCUT2D eigenvalue weighted by Crippen LogP contribution is 2.22. The number of benzene rings is 2. The molecule has 0 aliphatic carbocycles. The lowest BCUT2D eigenvalue weighted by molar-refractivity contribution is 0.179. The van der Waals surface area contributed by atoms with E-state index in [1.165, 1.54) is 22.9 Å². The Labute approximate surface area is 184 Å². The van der Waals surface area contributed by atoms with Crippen LogP contribution in [0.1, 0.15) is 17.5 Å². The minimum atomic E-state index is -0.640. The Morgan fingerprint density at radius 3 is 2.71 bits per heavy atom. The summed E-state index contributed by atoms with van der Waals surface area (Å²) in [5.74, 6) is 0.383. The standard InChI is InChI=1S/C23H26N4O3S/c1-15-10-20-21(11-16(15)2)26(14-24-20)12-17(29)13-31-23-25-19-7-4-3-6-18(19)22(30)27(23)8-5-9-28/h3-4,6-7,10-11,14,17,28-29H,5,8-9,12-13H2,1-2H3. The van der Waals surface area contributed by atoms with E-state index in [1.807, 2.05) is 22.8 Å². The van der Waals surface area contributed by atoms with Crippen molar-refractivity contribution in [1.82, 2.24) is 19.1 Å². The van der Waals surface area contributed by atoms with Gasteiger partial charge >= 0.3 is 0 Å². The molecule has 1 atom stereocenters. The molecule has 1 unspecified atom stereocenters. The average Bonchev–Trinajstić information content (AvgIpc) is 3.13. The minimum Gasteiger partial charge on any atom is -0.396 e. The van der Waals surface area contributed by atoms with Gasteiger partial charge in [0.1, 0.15) is 0 Å². The molecule has 0 fully saturated rings. The van der Waals surface area contributed by atoms with Gasteiger partial charge in [-0.05, 0) is 55.7 Å². The highest BCUT2D eigenvalue weighted by Gasteiger charge is 2.15. The van der Waals surface area contributed by atoms with E-state index in [-0.39, 0.29) is 12.2 Å². The molecule has 2 aromatic heterocycles. The van der Waals surface area contributed by atoms with Crippen molar-refractivity contribution in [3.05, 3.63) is 64.2 Å². The summed E-state index contributed by atoms with van der Waals surface area (Å²) in [6.45, 7) is 4.91. The predicted octanol–water partition coefficient (Wildman–Crippen LogP) is 2.90. The second-order valence-corrected chi connectivity index (χ2v) is 8.72. The number of nitrogens with zero attached hydrogens (tertiary/aromatic N) is 4. The maximum atomic E-state index is 12.9. The van der Waals surface area contributed by atoms with Crippen LogP contribution in [0.4, 0.5) is 0 Å². The van der Waals surface area contributed by atoms with Gasteiger partial charge in [0, 0.05) is 18.9 Å². The summed E-state index contributed by atoms with van der Waals surface area (Å²) in [4.78, 5) is 22.0. The molecule has 2 heterocycles. The number of aromatic nitrogens is 4. The van der Waals surface area contributed by atoms with Crippen LogP contribution in [-0.4, -0.2) is 47.8 Å². The summed E-state index contributed by atoms with van der Waals surface area (Å²) in [7, 11) is 0. The number of rotatable bonds is 8. The number of hydrogen-bond acceptors (Lipinski definition) is 6. The minimum absolute atomic E-state index is 0.00140. The molecule has 7 nitrogen and oxygen atoms in total. The molecule has 0 saturated heterocycles. The van der Waals surface area contributed by atoms with Crippen molar-refractivity contribution in [1.29, 1.82) is 0 Å². The zero-order valence-electron chi connectivity index (χ0n) is 17.7. The van der Waals surface area contributed by atoms with Gasteiger partial charge < -0.3 is 14.8 Å². The van der Waals surface area contributed by atoms with Crippen LogP contribution in [0.15, 0.2) is 52.7 Å². The van der Waals surface area contributed by atoms with E-state index in [4.69, 9.17) is 0 Å². The monoisotopic (exact) mass is 438 g/mol. The van der Waals surface area contributed by atoms with E-state index in [2.05, 4.69) is 35.9 Å². The summed E-state index contributed by atoms with van der Waals surface area (Å²) in [6, 6.07) is 11.4. The number of imidazole rings is 1. The normalized spacial score (nSPS) is 12.6. The molecular weight excluding hydrogens is 412 g/mol. The van der Waals surface area contributed by atoms with Crippen molar-refractivity contribution < 1.29 is 10.2 Å². The van der Waals surface area contributed by atoms with Crippen molar-refractivity contribution >= 4 is 33.7 Å². The lowest BCUT2D eigenvalue weighted by Gasteiger charge is -2.15. The van der Waals surface area contributed by atoms with Crippen LogP contribution in [-0.2, 0) is 13.1 Å². The second kappa shape index (κ2) is 9.21. The van der Waals surface area contributed by atoms with E-state index in [9.17, 15) is 15.0 Å². The van der Waals surface area contributed by atoms with Crippen molar-refractivity contribution in [2.75, 3.05) is 12.4 Å². The first kappa shape index (κ1) is 21.5. The fourth-order valence-electron chi connectivity index (χ4n) is 3.59. The molecule has 0 saturated carbocycles. The van der Waals surface area contributed by atoms with Crippen molar-refractivity contribution in [2.24, 2.45) is 0 Å². The van der Waals surface area contributed by atoms with Gasteiger partial charge in [0.25, 0.3) is 5.56 Å². The Hall–Kier alpha value is -2.68. The van der Waals surface area contributed by atoms with Gasteiger partial charge in [-0.15, -0.1) is 0 Å². The Balaban J connectivity index is 1.54. The summed E-state index contributed by atoms with van der Waals surface area (Å²) < 4.78 is 3.55. The molecule has 162 valence electrons. The number of thioether (sulfide) groups is 1. The third-order valence-electron chi connectivity index (χ3n) is 5.42. The van der Waals surface area contributed by atoms with Crippen LogP contribution in [0.3, 0.4) is 0 Å². The predicted molar refractivity (Wildman–Crippen MR) is 124 cm³/mol. The Morgan fingerprint density at radius 2 is 1.90 bits per heavy atom. The average molecular weight is 439 g/mol. The third kappa shape index (κ3) is 4.51. The number of aliphatic hydroxyl groups excluding tert-OH is 2. The number of aryl methyl sites for hydroxylation is 2. The largest absolute Gasteiger partial charge is 0.396 e. The highest BCUT2D eigenvalue weighted by molar-refractivity contribution is 7.99. The molecule has 2 N–H and O–H groups in total. The Kier molecular flexibility index (Phi) is 6.41. The molecule has 4 rings (SSSR count). The lowest BCUT2D eigenvalue weighted by atomic mass is 10.1. The number of para-hydroxylation sites is 1. The molecule has 2 aromatic carbocycles. The molecule has 0 bridgehead atoms. The smallest absolute Gasteiger partial charge is 0.262 e. The first-order valence-corrected chi connectivity index (χ1v) is 11.3. The van der Waals surface area contributed by atoms with Gasteiger partial charge in [-0.2, -0.15) is 0 Å². The van der Waals surface area contributed by atoms with Crippen molar-refractivity contribution in [2.45, 2.75) is 44.6 Å². The van der Waals surface area contributed by atoms with Gasteiger partial charge in [0.05, 0.1) is 40.9 Å². The summed E-state index contributed by atoms with van der Waals surface area (Å²) in [6.07, 6.45) is 1.58. The van der Waals surface area contributed by atoms with E-state index in [1.54, 1.807) is 17.0 Å². The summed E-state index contributed by atoms with van der Waals surface area (Å²) >= 11 is 1.35. The maximum absolute atomic E-state index is 12.9.